The van der Waals surface area contributed by atoms with Crippen molar-refractivity contribution >= 4 is 35.5 Å². The lowest BCUT2D eigenvalue weighted by Crippen LogP contribution is -2.60. The summed E-state index contributed by atoms with van der Waals surface area (Å²) in [5.41, 5.74) is 4.27. The predicted molar refractivity (Wildman–Crippen MR) is 125 cm³/mol. The van der Waals surface area contributed by atoms with Gasteiger partial charge in [-0.15, -0.1) is 0 Å². The Bertz CT molecular complexity index is 848. The second-order valence-electron chi connectivity index (χ2n) is 10.2. The first-order valence-corrected chi connectivity index (χ1v) is 12.0. The van der Waals surface area contributed by atoms with E-state index in [1.54, 1.807) is 20.8 Å². The van der Waals surface area contributed by atoms with Crippen LogP contribution in [0, 0.1) is 5.41 Å². The number of nitrogens with zero attached hydrogens (tertiary/aromatic N) is 1. The van der Waals surface area contributed by atoms with E-state index < -0.39 is 59.0 Å². The summed E-state index contributed by atoms with van der Waals surface area (Å²) in [5, 5.41) is 7.49. The van der Waals surface area contributed by atoms with Crippen molar-refractivity contribution in [3.8, 4) is 0 Å². The number of nitrogens with one attached hydrogen (secondary N) is 3. The number of carbonyl (C=O) groups is 6. The van der Waals surface area contributed by atoms with E-state index in [0.29, 0.717) is 19.4 Å². The molecular weight excluding hydrogens is 458 g/mol. The molecule has 1 saturated carbocycles. The number of amides is 5. The molecule has 2 aliphatic rings. The van der Waals surface area contributed by atoms with Gasteiger partial charge in [0.25, 0.3) is 5.91 Å². The first-order valence-electron chi connectivity index (χ1n) is 12.0. The zero-order valence-electron chi connectivity index (χ0n) is 20.8. The molecule has 0 radical (unpaired) electrons. The van der Waals surface area contributed by atoms with Gasteiger partial charge in [-0.25, -0.2) is 4.79 Å². The van der Waals surface area contributed by atoms with Crippen LogP contribution in [0.15, 0.2) is 0 Å². The van der Waals surface area contributed by atoms with Gasteiger partial charge in [-0.3, -0.25) is 24.0 Å². The quantitative estimate of drug-likeness (QED) is 0.251. The fourth-order valence-corrected chi connectivity index (χ4v) is 4.27. The monoisotopic (exact) mass is 495 g/mol. The lowest BCUT2D eigenvalue weighted by Gasteiger charge is -2.35. The molecular formula is C23H37N5O7. The van der Waals surface area contributed by atoms with Crippen LogP contribution in [-0.4, -0.2) is 77.7 Å². The molecule has 0 spiro atoms. The van der Waals surface area contributed by atoms with Crippen LogP contribution in [0.2, 0.25) is 0 Å². The third-order valence-electron chi connectivity index (χ3n) is 6.22. The Hall–Kier alpha value is -3.18. The van der Waals surface area contributed by atoms with Gasteiger partial charge in [0.1, 0.15) is 24.7 Å². The minimum atomic E-state index is -1.16. The average molecular weight is 496 g/mol. The van der Waals surface area contributed by atoms with Crippen molar-refractivity contribution < 1.29 is 33.5 Å². The Morgan fingerprint density at radius 2 is 1.63 bits per heavy atom. The van der Waals surface area contributed by atoms with E-state index in [0.717, 1.165) is 25.7 Å². The number of likely N-dealkylation sites (tertiary alicyclic amines) is 1. The number of hydrogen-bond donors (Lipinski definition) is 4. The summed E-state index contributed by atoms with van der Waals surface area (Å²) in [4.78, 5) is 74.8. The Kier molecular flexibility index (Phi) is 9.61. The van der Waals surface area contributed by atoms with E-state index in [-0.39, 0.29) is 12.6 Å². The number of nitrogens with two attached hydrogens (primary N) is 1. The second-order valence-corrected chi connectivity index (χ2v) is 10.2. The number of ketones is 1. The zero-order chi connectivity index (χ0) is 26.3. The maximum Gasteiger partial charge on any atom is 0.325 e. The van der Waals surface area contributed by atoms with Gasteiger partial charge in [0, 0.05) is 6.54 Å². The molecule has 3 atom stereocenters. The zero-order valence-corrected chi connectivity index (χ0v) is 20.8. The Morgan fingerprint density at radius 3 is 2.20 bits per heavy atom. The highest BCUT2D eigenvalue weighted by Gasteiger charge is 2.42. The summed E-state index contributed by atoms with van der Waals surface area (Å²) in [6.07, 6.45) is 4.46. The number of carbonyl (C=O) groups excluding carboxylic acids is 6. The third-order valence-corrected chi connectivity index (χ3v) is 6.22. The lowest BCUT2D eigenvalue weighted by atomic mass is 9.85. The number of primary amides is 1. The fraction of sp³-hybridized carbons (Fsp3) is 0.739. The molecule has 5 N–H and O–H groups in total. The number of rotatable bonds is 9. The maximum absolute atomic E-state index is 13.4. The number of urea groups is 1. The molecule has 35 heavy (non-hydrogen) atoms. The van der Waals surface area contributed by atoms with Gasteiger partial charge < -0.3 is 31.3 Å². The first kappa shape index (κ1) is 28.1. The summed E-state index contributed by atoms with van der Waals surface area (Å²) < 4.78 is 5.31. The molecule has 2 fully saturated rings. The Morgan fingerprint density at radius 1 is 1.00 bits per heavy atom. The van der Waals surface area contributed by atoms with Crippen LogP contribution in [-0.2, 0) is 28.7 Å². The molecule has 5 amide bonds. The van der Waals surface area contributed by atoms with Crippen LogP contribution in [0.1, 0.15) is 66.2 Å². The van der Waals surface area contributed by atoms with E-state index in [1.807, 2.05) is 0 Å². The van der Waals surface area contributed by atoms with Crippen molar-refractivity contribution in [2.24, 2.45) is 11.1 Å². The SMILES string of the molecule is CC(NC(=O)C1CCCN1C(=O)C(NC(=O)NCC(=O)OC1CCCC1)C(C)(C)C)C(=O)C(N)=O. The summed E-state index contributed by atoms with van der Waals surface area (Å²) in [6, 6.07) is -3.68. The van der Waals surface area contributed by atoms with Crippen molar-refractivity contribution in [2.45, 2.75) is 90.4 Å². The Balaban J connectivity index is 1.99. The van der Waals surface area contributed by atoms with Crippen molar-refractivity contribution in [3.05, 3.63) is 0 Å². The Labute approximate surface area is 205 Å². The fourth-order valence-electron chi connectivity index (χ4n) is 4.27. The van der Waals surface area contributed by atoms with Crippen molar-refractivity contribution in [1.82, 2.24) is 20.9 Å². The lowest BCUT2D eigenvalue weighted by molar-refractivity contribution is -0.147. The predicted octanol–water partition coefficient (Wildman–Crippen LogP) is -0.264. The van der Waals surface area contributed by atoms with E-state index in [2.05, 4.69) is 16.0 Å². The third kappa shape index (κ3) is 7.93. The number of hydrogen-bond acceptors (Lipinski definition) is 7. The number of Topliss-reactive ketones (excluding diaryl/α,β-unsaturated/α-hetero) is 1. The van der Waals surface area contributed by atoms with E-state index in [4.69, 9.17) is 10.5 Å². The van der Waals surface area contributed by atoms with E-state index in [9.17, 15) is 28.8 Å². The van der Waals surface area contributed by atoms with Crippen LogP contribution in [0.4, 0.5) is 4.79 Å². The van der Waals surface area contributed by atoms with Gasteiger partial charge in [-0.1, -0.05) is 20.8 Å². The van der Waals surface area contributed by atoms with Crippen LogP contribution < -0.4 is 21.7 Å². The molecule has 196 valence electrons. The van der Waals surface area contributed by atoms with E-state index in [1.165, 1.54) is 11.8 Å². The summed E-state index contributed by atoms with van der Waals surface area (Å²) in [6.45, 7) is 6.61. The van der Waals surface area contributed by atoms with Gasteiger partial charge in [0.2, 0.25) is 17.6 Å². The van der Waals surface area contributed by atoms with Gasteiger partial charge in [0.15, 0.2) is 0 Å². The molecule has 1 aliphatic carbocycles. The van der Waals surface area contributed by atoms with Gasteiger partial charge >= 0.3 is 12.0 Å². The van der Waals surface area contributed by atoms with Crippen molar-refractivity contribution in [3.63, 3.8) is 0 Å². The van der Waals surface area contributed by atoms with Crippen molar-refractivity contribution in [1.29, 1.82) is 0 Å². The topological polar surface area (TPSA) is 177 Å². The molecule has 3 unspecified atom stereocenters. The highest BCUT2D eigenvalue weighted by molar-refractivity contribution is 6.37. The standard InChI is InChI=1S/C23H37N5O7/c1-13(17(30)19(24)31)26-20(32)15-10-7-11-28(15)21(33)18(23(2,3)4)27-22(34)25-12-16(29)35-14-8-5-6-9-14/h13-15,18H,5-12H2,1-4H3,(H2,24,31)(H,26,32)(H2,25,27,34). The first-order chi connectivity index (χ1) is 16.3. The normalized spacial score (nSPS) is 20.0. The van der Waals surface area contributed by atoms with Crippen LogP contribution in [0.5, 0.6) is 0 Å². The maximum atomic E-state index is 13.4. The number of ether oxygens (including phenoxy) is 1. The molecule has 12 heteroatoms. The van der Waals surface area contributed by atoms with E-state index >= 15 is 0 Å². The minimum Gasteiger partial charge on any atom is -0.461 e. The molecule has 0 bridgehead atoms. The molecule has 0 aromatic heterocycles. The van der Waals surface area contributed by atoms with Crippen LogP contribution in [0.25, 0.3) is 0 Å². The smallest absolute Gasteiger partial charge is 0.325 e. The molecule has 0 aromatic carbocycles. The molecule has 12 nitrogen and oxygen atoms in total. The summed E-state index contributed by atoms with van der Waals surface area (Å²) in [7, 11) is 0. The molecule has 1 heterocycles. The molecule has 1 saturated heterocycles. The minimum absolute atomic E-state index is 0.115. The summed E-state index contributed by atoms with van der Waals surface area (Å²) in [5.74, 6) is -3.68. The van der Waals surface area contributed by atoms with Crippen molar-refractivity contribution in [2.75, 3.05) is 13.1 Å². The molecule has 2 rings (SSSR count). The average Bonchev–Trinajstić information content (AvgIpc) is 3.46. The highest BCUT2D eigenvalue weighted by Crippen LogP contribution is 2.26. The number of esters is 1. The largest absolute Gasteiger partial charge is 0.461 e. The molecule has 1 aliphatic heterocycles. The van der Waals surface area contributed by atoms with Crippen LogP contribution >= 0.6 is 0 Å². The molecule has 0 aromatic rings. The van der Waals surface area contributed by atoms with Gasteiger partial charge in [-0.2, -0.15) is 0 Å². The second kappa shape index (κ2) is 12.0. The van der Waals surface area contributed by atoms with Crippen LogP contribution in [0.3, 0.4) is 0 Å². The van der Waals surface area contributed by atoms with Gasteiger partial charge in [-0.05, 0) is 50.9 Å². The highest BCUT2D eigenvalue weighted by atomic mass is 16.5. The van der Waals surface area contributed by atoms with Gasteiger partial charge in [0.05, 0.1) is 6.04 Å². The summed E-state index contributed by atoms with van der Waals surface area (Å²) >= 11 is 0.